The summed E-state index contributed by atoms with van der Waals surface area (Å²) in [6.45, 7) is 3.74. The summed E-state index contributed by atoms with van der Waals surface area (Å²) < 4.78 is 31.9. The van der Waals surface area contributed by atoms with Crippen LogP contribution in [0.1, 0.15) is 26.2 Å². The Balaban J connectivity index is 1.88. The number of hydrogen-bond donors (Lipinski definition) is 1. The highest BCUT2D eigenvalue weighted by atomic mass is 35.5. The summed E-state index contributed by atoms with van der Waals surface area (Å²) >= 11 is 5.96. The van der Waals surface area contributed by atoms with Gasteiger partial charge in [0.2, 0.25) is 15.9 Å². The molecule has 1 N–H and O–H groups in total. The van der Waals surface area contributed by atoms with E-state index in [0.29, 0.717) is 11.7 Å². The first-order valence-corrected chi connectivity index (χ1v) is 9.80. The molecule has 1 heterocycles. The molecule has 0 bridgehead atoms. The number of methoxy groups -OCH3 is 1. The highest BCUT2D eigenvalue weighted by Gasteiger charge is 2.21. The van der Waals surface area contributed by atoms with E-state index in [1.165, 1.54) is 25.3 Å². The molecule has 0 aromatic heterocycles. The lowest BCUT2D eigenvalue weighted by Crippen LogP contribution is -2.39. The molecule has 0 aliphatic carbocycles. The van der Waals surface area contributed by atoms with Crippen molar-refractivity contribution in [3.63, 3.8) is 0 Å². The van der Waals surface area contributed by atoms with E-state index in [-0.39, 0.29) is 28.8 Å². The highest BCUT2D eigenvalue weighted by molar-refractivity contribution is 7.89. The van der Waals surface area contributed by atoms with E-state index in [1.807, 2.05) is 0 Å². The normalized spacial score (nSPS) is 16.2. The second-order valence-corrected chi connectivity index (χ2v) is 8.18. The van der Waals surface area contributed by atoms with Crippen molar-refractivity contribution < 1.29 is 17.9 Å². The fourth-order valence-electron chi connectivity index (χ4n) is 2.61. The summed E-state index contributed by atoms with van der Waals surface area (Å²) in [4.78, 5) is 14.0. The SMILES string of the molecule is COc1ccc(S(=O)(=O)NCCC(=O)N2CCC(C)CC2)cc1Cl. The van der Waals surface area contributed by atoms with Gasteiger partial charge in [0.15, 0.2) is 0 Å². The van der Waals surface area contributed by atoms with Crippen LogP contribution >= 0.6 is 11.6 Å². The quantitative estimate of drug-likeness (QED) is 0.828. The van der Waals surface area contributed by atoms with E-state index in [1.54, 1.807) is 4.90 Å². The smallest absolute Gasteiger partial charge is 0.240 e. The fraction of sp³-hybridized carbons (Fsp3) is 0.562. The first-order valence-electron chi connectivity index (χ1n) is 7.94. The molecule has 8 heteroatoms. The standard InChI is InChI=1S/C16H23ClN2O4S/c1-12-6-9-19(10-7-12)16(20)5-8-18-24(21,22)13-3-4-15(23-2)14(17)11-13/h3-4,11-12,18H,5-10H2,1-2H3. The maximum atomic E-state index is 12.2. The van der Waals surface area contributed by atoms with Crippen LogP contribution in [-0.4, -0.2) is 46.0 Å². The van der Waals surface area contributed by atoms with Gasteiger partial charge in [-0.05, 0) is 37.0 Å². The number of carbonyl (C=O) groups excluding carboxylic acids is 1. The Morgan fingerprint density at radius 3 is 2.62 bits per heavy atom. The largest absolute Gasteiger partial charge is 0.495 e. The van der Waals surface area contributed by atoms with Crippen LogP contribution in [-0.2, 0) is 14.8 Å². The van der Waals surface area contributed by atoms with Crippen molar-refractivity contribution in [2.45, 2.75) is 31.1 Å². The summed E-state index contributed by atoms with van der Waals surface area (Å²) in [7, 11) is -2.24. The van der Waals surface area contributed by atoms with Gasteiger partial charge in [-0.15, -0.1) is 0 Å². The van der Waals surface area contributed by atoms with Crippen molar-refractivity contribution in [3.05, 3.63) is 23.2 Å². The van der Waals surface area contributed by atoms with E-state index in [4.69, 9.17) is 16.3 Å². The molecule has 1 aromatic rings. The minimum absolute atomic E-state index is 0.0163. The Labute approximate surface area is 148 Å². The Hall–Kier alpha value is -1.31. The molecule has 0 saturated carbocycles. The maximum absolute atomic E-state index is 12.2. The number of ether oxygens (including phenoxy) is 1. The first kappa shape index (κ1) is 19.0. The van der Waals surface area contributed by atoms with Crippen LogP contribution in [0.15, 0.2) is 23.1 Å². The molecule has 1 aliphatic rings. The number of amides is 1. The number of hydrogen-bond acceptors (Lipinski definition) is 4. The first-order chi connectivity index (χ1) is 11.3. The third kappa shape index (κ3) is 4.84. The molecule has 0 unspecified atom stereocenters. The van der Waals surface area contributed by atoms with E-state index < -0.39 is 10.0 Å². The van der Waals surface area contributed by atoms with Crippen LogP contribution in [0.25, 0.3) is 0 Å². The molecule has 1 saturated heterocycles. The molecule has 2 rings (SSSR count). The maximum Gasteiger partial charge on any atom is 0.240 e. The van der Waals surface area contributed by atoms with Gasteiger partial charge in [0.1, 0.15) is 5.75 Å². The number of piperidine rings is 1. The molecule has 1 fully saturated rings. The van der Waals surface area contributed by atoms with Crippen LogP contribution in [0.2, 0.25) is 5.02 Å². The Bertz CT molecular complexity index is 685. The van der Waals surface area contributed by atoms with Crippen LogP contribution in [0.3, 0.4) is 0 Å². The minimum Gasteiger partial charge on any atom is -0.495 e. The van der Waals surface area contributed by atoms with Crippen molar-refractivity contribution in [1.29, 1.82) is 0 Å². The van der Waals surface area contributed by atoms with Gasteiger partial charge in [0.25, 0.3) is 0 Å². The molecule has 1 aromatic carbocycles. The van der Waals surface area contributed by atoms with Gasteiger partial charge in [-0.3, -0.25) is 4.79 Å². The monoisotopic (exact) mass is 374 g/mol. The molecule has 0 spiro atoms. The predicted molar refractivity (Wildman–Crippen MR) is 92.8 cm³/mol. The zero-order valence-electron chi connectivity index (χ0n) is 13.9. The number of nitrogens with one attached hydrogen (secondary N) is 1. The average Bonchev–Trinajstić information content (AvgIpc) is 2.55. The van der Waals surface area contributed by atoms with Crippen molar-refractivity contribution in [2.24, 2.45) is 5.92 Å². The minimum atomic E-state index is -3.70. The molecule has 1 aliphatic heterocycles. The van der Waals surface area contributed by atoms with Gasteiger partial charge in [0.05, 0.1) is 17.0 Å². The topological polar surface area (TPSA) is 75.7 Å². The second kappa shape index (κ2) is 8.18. The van der Waals surface area contributed by atoms with E-state index in [0.717, 1.165) is 25.9 Å². The second-order valence-electron chi connectivity index (χ2n) is 6.01. The molecular weight excluding hydrogens is 352 g/mol. The van der Waals surface area contributed by atoms with Crippen LogP contribution in [0.4, 0.5) is 0 Å². The number of halogens is 1. The zero-order chi connectivity index (χ0) is 17.7. The van der Waals surface area contributed by atoms with Gasteiger partial charge >= 0.3 is 0 Å². The van der Waals surface area contributed by atoms with Crippen molar-refractivity contribution in [1.82, 2.24) is 9.62 Å². The van der Waals surface area contributed by atoms with Crippen LogP contribution < -0.4 is 9.46 Å². The van der Waals surface area contributed by atoms with Crippen molar-refractivity contribution in [3.8, 4) is 5.75 Å². The number of sulfonamides is 1. The molecule has 0 radical (unpaired) electrons. The Morgan fingerprint density at radius 1 is 1.38 bits per heavy atom. The molecule has 1 amide bonds. The van der Waals surface area contributed by atoms with Gasteiger partial charge in [-0.2, -0.15) is 0 Å². The molecule has 0 atom stereocenters. The summed E-state index contributed by atoms with van der Waals surface area (Å²) in [5.74, 6) is 1.04. The summed E-state index contributed by atoms with van der Waals surface area (Å²) in [6, 6.07) is 4.24. The summed E-state index contributed by atoms with van der Waals surface area (Å²) in [6.07, 6.45) is 2.15. The molecule has 6 nitrogen and oxygen atoms in total. The van der Waals surface area contributed by atoms with Crippen molar-refractivity contribution in [2.75, 3.05) is 26.7 Å². The van der Waals surface area contributed by atoms with Gasteiger partial charge in [0, 0.05) is 26.1 Å². The lowest BCUT2D eigenvalue weighted by molar-refractivity contribution is -0.132. The number of carbonyl (C=O) groups is 1. The third-order valence-electron chi connectivity index (χ3n) is 4.20. The zero-order valence-corrected chi connectivity index (χ0v) is 15.5. The van der Waals surface area contributed by atoms with Gasteiger partial charge in [-0.1, -0.05) is 18.5 Å². The lowest BCUT2D eigenvalue weighted by Gasteiger charge is -2.30. The van der Waals surface area contributed by atoms with Gasteiger partial charge in [-0.25, -0.2) is 13.1 Å². The average molecular weight is 375 g/mol. The van der Waals surface area contributed by atoms with E-state index in [9.17, 15) is 13.2 Å². The van der Waals surface area contributed by atoms with Crippen LogP contribution in [0, 0.1) is 5.92 Å². The van der Waals surface area contributed by atoms with Crippen LogP contribution in [0.5, 0.6) is 5.75 Å². The molecule has 134 valence electrons. The predicted octanol–water partition coefficient (Wildman–Crippen LogP) is 2.28. The summed E-state index contributed by atoms with van der Waals surface area (Å²) in [5.41, 5.74) is 0. The van der Waals surface area contributed by atoms with Gasteiger partial charge < -0.3 is 9.64 Å². The Morgan fingerprint density at radius 2 is 2.04 bits per heavy atom. The lowest BCUT2D eigenvalue weighted by atomic mass is 9.99. The Kier molecular flexibility index (Phi) is 6.48. The number of benzene rings is 1. The fourth-order valence-corrected chi connectivity index (χ4v) is 3.99. The highest BCUT2D eigenvalue weighted by Crippen LogP contribution is 2.26. The van der Waals surface area contributed by atoms with Crippen molar-refractivity contribution >= 4 is 27.5 Å². The number of rotatable bonds is 6. The third-order valence-corrected chi connectivity index (χ3v) is 5.95. The molecular formula is C16H23ClN2O4S. The summed E-state index contributed by atoms with van der Waals surface area (Å²) in [5, 5.41) is 0.221. The molecule has 24 heavy (non-hydrogen) atoms. The van der Waals surface area contributed by atoms with E-state index in [2.05, 4.69) is 11.6 Å². The number of nitrogens with zero attached hydrogens (tertiary/aromatic N) is 1. The number of likely N-dealkylation sites (tertiary alicyclic amines) is 1. The van der Waals surface area contributed by atoms with E-state index >= 15 is 0 Å².